The van der Waals surface area contributed by atoms with E-state index in [1.807, 2.05) is 27.7 Å². The molecule has 0 amide bonds. The monoisotopic (exact) mass is 314 g/mol. The van der Waals surface area contributed by atoms with Gasteiger partial charge in [0.1, 0.15) is 0 Å². The molecule has 0 N–H and O–H groups in total. The molecule has 0 aliphatic carbocycles. The predicted molar refractivity (Wildman–Crippen MR) is 87.2 cm³/mol. The Balaban J connectivity index is 5.33. The first kappa shape index (κ1) is 21.0. The minimum Gasteiger partial charge on any atom is -0.467 e. The van der Waals surface area contributed by atoms with Gasteiger partial charge < -0.3 is 18.8 Å². The van der Waals surface area contributed by atoms with E-state index in [1.54, 1.807) is 0 Å². The Bertz CT molecular complexity index is 299. The third-order valence-corrected chi connectivity index (χ3v) is 3.64. The van der Waals surface area contributed by atoms with Crippen molar-refractivity contribution in [1.29, 1.82) is 0 Å². The minimum absolute atomic E-state index is 0.151. The van der Waals surface area contributed by atoms with Gasteiger partial charge >= 0.3 is 11.9 Å². The van der Waals surface area contributed by atoms with Crippen LogP contribution >= 0.6 is 0 Å². The van der Waals surface area contributed by atoms with Crippen LogP contribution in [0.25, 0.3) is 0 Å². The van der Waals surface area contributed by atoms with Gasteiger partial charge in [-0.1, -0.05) is 53.0 Å². The average molecular weight is 314 g/mol. The van der Waals surface area contributed by atoms with Crippen LogP contribution in [0.15, 0.2) is 0 Å². The topological polar surface area (TPSA) is 71.1 Å². The Morgan fingerprint density at radius 1 is 0.727 bits per heavy atom. The van der Waals surface area contributed by atoms with Gasteiger partial charge in [0.25, 0.3) is 13.8 Å². The lowest BCUT2D eigenvalue weighted by Gasteiger charge is -2.28. The number of methoxy groups -OCH3 is 2. The fraction of sp³-hybridized carbons (Fsp3) is 0.857. The molecule has 2 unspecified atom stereocenters. The molecule has 0 saturated carbocycles. The molecule has 0 aromatic carbocycles. The number of hydrogen-bond acceptors (Lipinski definition) is 6. The predicted octanol–water partition coefficient (Wildman–Crippen LogP) is 2.17. The van der Waals surface area contributed by atoms with Crippen LogP contribution in [-0.2, 0) is 28.4 Å². The first-order valence-electron chi connectivity index (χ1n) is 7.95. The molecule has 126 valence electrons. The van der Waals surface area contributed by atoms with Crippen LogP contribution in [0.2, 0.25) is 25.3 Å². The van der Waals surface area contributed by atoms with E-state index in [2.05, 4.69) is 0 Å². The molecule has 2 atom stereocenters. The zero-order chi connectivity index (χ0) is 17.1. The van der Waals surface area contributed by atoms with Crippen molar-refractivity contribution in [3.05, 3.63) is 0 Å². The van der Waals surface area contributed by atoms with Crippen LogP contribution in [0.5, 0.6) is 0 Å². The lowest BCUT2D eigenvalue weighted by atomic mass is 9.61. The highest BCUT2D eigenvalue weighted by atomic mass is 16.6. The smallest absolute Gasteiger partial charge is 0.336 e. The second-order valence-corrected chi connectivity index (χ2v) is 5.04. The van der Waals surface area contributed by atoms with Gasteiger partial charge in [-0.25, -0.2) is 9.59 Å². The minimum atomic E-state index is -1.12. The third-order valence-electron chi connectivity index (χ3n) is 3.64. The SMILES string of the molecule is CCB(CC)OC(C(=O)OC)C(OB(CC)CC)C(=O)OC. The summed E-state index contributed by atoms with van der Waals surface area (Å²) in [6, 6.07) is 0. The number of carbonyl (C=O) groups is 2. The van der Waals surface area contributed by atoms with Gasteiger partial charge in [0.15, 0.2) is 12.2 Å². The van der Waals surface area contributed by atoms with Crippen molar-refractivity contribution in [1.82, 2.24) is 0 Å². The van der Waals surface area contributed by atoms with Crippen LogP contribution in [0.3, 0.4) is 0 Å². The lowest BCUT2D eigenvalue weighted by Crippen LogP contribution is -2.49. The molecule has 0 saturated heterocycles. The molecule has 0 aromatic heterocycles. The Morgan fingerprint density at radius 3 is 1.18 bits per heavy atom. The maximum absolute atomic E-state index is 12.1. The molecule has 8 heteroatoms. The molecule has 0 aromatic rings. The molecule has 0 spiro atoms. The lowest BCUT2D eigenvalue weighted by molar-refractivity contribution is -0.166. The highest BCUT2D eigenvalue weighted by molar-refractivity contribution is 6.52. The first-order chi connectivity index (χ1) is 10.5. The molecule has 0 bridgehead atoms. The molecule has 6 nitrogen and oxygen atoms in total. The van der Waals surface area contributed by atoms with Crippen LogP contribution in [0.4, 0.5) is 0 Å². The summed E-state index contributed by atoms with van der Waals surface area (Å²) in [4.78, 5) is 24.1. The van der Waals surface area contributed by atoms with Crippen molar-refractivity contribution in [2.45, 2.75) is 65.2 Å². The van der Waals surface area contributed by atoms with Crippen LogP contribution < -0.4 is 0 Å². The summed E-state index contributed by atoms with van der Waals surface area (Å²) in [5.41, 5.74) is 0. The zero-order valence-corrected chi connectivity index (χ0v) is 14.6. The molecule has 0 fully saturated rings. The summed E-state index contributed by atoms with van der Waals surface area (Å²) in [5, 5.41) is 0. The normalized spacial score (nSPS) is 13.2. The Kier molecular flexibility index (Phi) is 11.0. The summed E-state index contributed by atoms with van der Waals surface area (Å²) < 4.78 is 21.1. The van der Waals surface area contributed by atoms with Gasteiger partial charge in [-0.05, 0) is 0 Å². The van der Waals surface area contributed by atoms with E-state index in [1.165, 1.54) is 14.2 Å². The summed E-state index contributed by atoms with van der Waals surface area (Å²) >= 11 is 0. The number of carbonyl (C=O) groups excluding carboxylic acids is 2. The Morgan fingerprint density at radius 2 is 1.00 bits per heavy atom. The van der Waals surface area contributed by atoms with Crippen LogP contribution in [0.1, 0.15) is 27.7 Å². The molecule has 0 radical (unpaired) electrons. The van der Waals surface area contributed by atoms with Gasteiger partial charge in [-0.3, -0.25) is 0 Å². The molecule has 0 aliphatic heterocycles. The van der Waals surface area contributed by atoms with E-state index >= 15 is 0 Å². The van der Waals surface area contributed by atoms with Gasteiger partial charge in [0.05, 0.1) is 14.2 Å². The van der Waals surface area contributed by atoms with E-state index in [0.717, 1.165) is 25.3 Å². The number of hydrogen-bond donors (Lipinski definition) is 0. The largest absolute Gasteiger partial charge is 0.467 e. The highest BCUT2D eigenvalue weighted by Crippen LogP contribution is 2.16. The van der Waals surface area contributed by atoms with Gasteiger partial charge in [-0.2, -0.15) is 0 Å². The Labute approximate surface area is 134 Å². The second kappa shape index (κ2) is 11.5. The number of ether oxygens (including phenoxy) is 2. The molecule has 0 heterocycles. The third kappa shape index (κ3) is 6.40. The summed E-state index contributed by atoms with van der Waals surface area (Å²) in [6.07, 6.45) is 0.656. The van der Waals surface area contributed by atoms with Gasteiger partial charge in [-0.15, -0.1) is 0 Å². The summed E-state index contributed by atoms with van der Waals surface area (Å²) in [6.45, 7) is 7.52. The molecule has 0 rings (SSSR count). The van der Waals surface area contributed by atoms with E-state index in [9.17, 15) is 9.59 Å². The standard InChI is InChI=1S/C14H28B2O6/c1-7-15(8-2)21-11(13(17)19-5)12(14(18)20-6)22-16(9-3)10-4/h11-12H,7-10H2,1-6H3. The van der Waals surface area contributed by atoms with Crippen LogP contribution in [-0.4, -0.2) is 52.2 Å². The van der Waals surface area contributed by atoms with E-state index in [0.29, 0.717) is 0 Å². The van der Waals surface area contributed by atoms with E-state index in [-0.39, 0.29) is 13.8 Å². The van der Waals surface area contributed by atoms with Crippen LogP contribution in [0, 0.1) is 0 Å². The van der Waals surface area contributed by atoms with Crippen molar-refractivity contribution < 1.29 is 28.4 Å². The van der Waals surface area contributed by atoms with E-state index < -0.39 is 24.1 Å². The zero-order valence-electron chi connectivity index (χ0n) is 14.6. The van der Waals surface area contributed by atoms with E-state index in [4.69, 9.17) is 18.8 Å². The second-order valence-electron chi connectivity index (χ2n) is 5.04. The van der Waals surface area contributed by atoms with Crippen molar-refractivity contribution in [2.75, 3.05) is 14.2 Å². The highest BCUT2D eigenvalue weighted by Gasteiger charge is 2.40. The van der Waals surface area contributed by atoms with Crippen molar-refractivity contribution >= 4 is 25.8 Å². The first-order valence-corrected chi connectivity index (χ1v) is 7.95. The average Bonchev–Trinajstić information content (AvgIpc) is 2.56. The maximum atomic E-state index is 12.1. The van der Waals surface area contributed by atoms with Crippen molar-refractivity contribution in [2.24, 2.45) is 0 Å². The summed E-state index contributed by atoms with van der Waals surface area (Å²) in [5.74, 6) is -1.26. The maximum Gasteiger partial charge on any atom is 0.336 e. The summed E-state index contributed by atoms with van der Waals surface area (Å²) in [7, 11) is 2.52. The van der Waals surface area contributed by atoms with Crippen molar-refractivity contribution in [3.8, 4) is 0 Å². The fourth-order valence-electron chi connectivity index (χ4n) is 2.11. The molecular formula is C14H28B2O6. The number of rotatable bonds is 11. The Hall–Kier alpha value is -1.01. The molecule has 22 heavy (non-hydrogen) atoms. The van der Waals surface area contributed by atoms with Gasteiger partial charge in [0, 0.05) is 0 Å². The quantitative estimate of drug-likeness (QED) is 0.430. The fourth-order valence-corrected chi connectivity index (χ4v) is 2.11. The molecular weight excluding hydrogens is 286 g/mol. The van der Waals surface area contributed by atoms with Gasteiger partial charge in [0.2, 0.25) is 0 Å². The van der Waals surface area contributed by atoms with Crippen molar-refractivity contribution in [3.63, 3.8) is 0 Å². The molecule has 0 aliphatic rings. The number of esters is 2.